The highest BCUT2D eigenvalue weighted by Crippen LogP contribution is 2.40. The van der Waals surface area contributed by atoms with Crippen molar-refractivity contribution in [3.63, 3.8) is 0 Å². The molecule has 1 atom stereocenters. The molecule has 3 heteroatoms. The Bertz CT molecular complexity index is 692. The Hall–Kier alpha value is -0.800. The molecule has 110 valence electrons. The lowest BCUT2D eigenvalue weighted by Crippen LogP contribution is -2.24. The van der Waals surface area contributed by atoms with E-state index in [0.717, 1.165) is 16.6 Å². The summed E-state index contributed by atoms with van der Waals surface area (Å²) >= 11 is 7.42. The average molecular weight is 410 g/mol. The van der Waals surface area contributed by atoms with Crippen LogP contribution in [0.1, 0.15) is 40.9 Å². The maximum atomic E-state index is 5.95. The summed E-state index contributed by atoms with van der Waals surface area (Å²) in [5.74, 6) is 1.02. The molecule has 0 aliphatic carbocycles. The summed E-state index contributed by atoms with van der Waals surface area (Å²) in [6, 6.07) is 12.9. The molecular weight excluding hydrogens is 392 g/mol. The Morgan fingerprint density at radius 1 is 1.14 bits per heavy atom. The van der Waals surface area contributed by atoms with Gasteiger partial charge < -0.3 is 4.74 Å². The fourth-order valence-electron chi connectivity index (χ4n) is 2.85. The normalized spacial score (nSPS) is 17.2. The lowest BCUT2D eigenvalue weighted by Gasteiger charge is -2.16. The molecule has 0 radical (unpaired) electrons. The van der Waals surface area contributed by atoms with Crippen LogP contribution >= 0.6 is 31.9 Å². The third kappa shape index (κ3) is 3.04. The third-order valence-electron chi connectivity index (χ3n) is 3.89. The van der Waals surface area contributed by atoms with E-state index in [-0.39, 0.29) is 10.4 Å². The largest absolute Gasteiger partial charge is 0.487 e. The number of fused-ring (bicyclic) bond motifs is 1. The van der Waals surface area contributed by atoms with Gasteiger partial charge in [0.2, 0.25) is 0 Å². The molecule has 1 aliphatic heterocycles. The molecule has 0 N–H and O–H groups in total. The summed E-state index contributed by atoms with van der Waals surface area (Å²) in [6.07, 6.45) is 0.966. The van der Waals surface area contributed by atoms with Crippen LogP contribution in [0.15, 0.2) is 40.9 Å². The molecule has 0 spiro atoms. The van der Waals surface area contributed by atoms with Crippen molar-refractivity contribution >= 4 is 31.9 Å². The zero-order valence-electron chi connectivity index (χ0n) is 12.4. The van der Waals surface area contributed by atoms with Gasteiger partial charge in [-0.3, -0.25) is 0 Å². The van der Waals surface area contributed by atoms with Crippen LogP contribution < -0.4 is 4.74 Å². The van der Waals surface area contributed by atoms with Crippen LogP contribution in [0, 0.1) is 6.92 Å². The summed E-state index contributed by atoms with van der Waals surface area (Å²) in [4.78, 5) is 0.198. The maximum Gasteiger partial charge on any atom is 0.123 e. The van der Waals surface area contributed by atoms with E-state index in [0.29, 0.717) is 0 Å². The van der Waals surface area contributed by atoms with Crippen LogP contribution in [0.25, 0.3) is 0 Å². The number of aryl methyl sites for hydroxylation is 1. The second kappa shape index (κ2) is 5.44. The summed E-state index contributed by atoms with van der Waals surface area (Å²) in [7, 11) is 0. The fraction of sp³-hybridized carbons (Fsp3) is 0.333. The highest BCUT2D eigenvalue weighted by atomic mass is 79.9. The number of hydrogen-bond acceptors (Lipinski definition) is 1. The van der Waals surface area contributed by atoms with Gasteiger partial charge in [-0.15, -0.1) is 0 Å². The summed E-state index contributed by atoms with van der Waals surface area (Å²) in [6.45, 7) is 6.42. The van der Waals surface area contributed by atoms with E-state index >= 15 is 0 Å². The van der Waals surface area contributed by atoms with Gasteiger partial charge in [-0.25, -0.2) is 0 Å². The average Bonchev–Trinajstić information content (AvgIpc) is 2.73. The number of benzene rings is 2. The van der Waals surface area contributed by atoms with Crippen molar-refractivity contribution in [2.75, 3.05) is 0 Å². The van der Waals surface area contributed by atoms with Gasteiger partial charge >= 0.3 is 0 Å². The summed E-state index contributed by atoms with van der Waals surface area (Å²) in [5.41, 5.74) is 5.07. The molecule has 2 aromatic carbocycles. The first kappa shape index (κ1) is 15.1. The molecule has 1 unspecified atom stereocenters. The van der Waals surface area contributed by atoms with E-state index in [1.54, 1.807) is 0 Å². The number of hydrogen-bond donors (Lipinski definition) is 0. The van der Waals surface area contributed by atoms with Gasteiger partial charge in [-0.1, -0.05) is 50.1 Å². The second-order valence-electron chi connectivity index (χ2n) is 6.27. The molecule has 0 saturated carbocycles. The number of alkyl halides is 1. The van der Waals surface area contributed by atoms with Crippen LogP contribution in [0.4, 0.5) is 0 Å². The zero-order chi connectivity index (χ0) is 15.2. The number of rotatable bonds is 2. The van der Waals surface area contributed by atoms with Gasteiger partial charge in [-0.05, 0) is 61.2 Å². The van der Waals surface area contributed by atoms with E-state index in [9.17, 15) is 0 Å². The van der Waals surface area contributed by atoms with Crippen molar-refractivity contribution in [2.24, 2.45) is 0 Å². The van der Waals surface area contributed by atoms with Crippen molar-refractivity contribution in [1.82, 2.24) is 0 Å². The molecule has 0 saturated heterocycles. The summed E-state index contributed by atoms with van der Waals surface area (Å²) in [5, 5.41) is 0. The van der Waals surface area contributed by atoms with Gasteiger partial charge in [0.1, 0.15) is 11.4 Å². The van der Waals surface area contributed by atoms with Gasteiger partial charge in [0, 0.05) is 10.9 Å². The number of ether oxygens (including phenoxy) is 1. The van der Waals surface area contributed by atoms with Crippen LogP contribution in [0.5, 0.6) is 5.75 Å². The molecule has 0 aromatic heterocycles. The molecule has 1 heterocycles. The summed E-state index contributed by atoms with van der Waals surface area (Å²) < 4.78 is 7.06. The Balaban J connectivity index is 1.97. The van der Waals surface area contributed by atoms with E-state index in [2.05, 4.69) is 89.0 Å². The lowest BCUT2D eigenvalue weighted by molar-refractivity contribution is 0.138. The maximum absolute atomic E-state index is 5.95. The first-order valence-electron chi connectivity index (χ1n) is 7.08. The Morgan fingerprint density at radius 2 is 1.90 bits per heavy atom. The van der Waals surface area contributed by atoms with Crippen molar-refractivity contribution in [3.8, 4) is 5.75 Å². The first-order valence-corrected chi connectivity index (χ1v) is 8.78. The molecule has 0 amide bonds. The lowest BCUT2D eigenvalue weighted by atomic mass is 9.96. The first-order chi connectivity index (χ1) is 9.85. The molecule has 21 heavy (non-hydrogen) atoms. The van der Waals surface area contributed by atoms with Gasteiger partial charge in [0.25, 0.3) is 0 Å². The quantitative estimate of drug-likeness (QED) is 0.556. The predicted octanol–water partition coefficient (Wildman–Crippen LogP) is 5.96. The van der Waals surface area contributed by atoms with Crippen LogP contribution in [-0.4, -0.2) is 5.60 Å². The molecule has 0 bridgehead atoms. The van der Waals surface area contributed by atoms with E-state index < -0.39 is 0 Å². The van der Waals surface area contributed by atoms with Crippen molar-refractivity contribution < 1.29 is 4.74 Å². The van der Waals surface area contributed by atoms with Crippen molar-refractivity contribution in [1.29, 1.82) is 0 Å². The Kier molecular flexibility index (Phi) is 3.91. The SMILES string of the molecule is Cc1ccc(Br)cc1C(Br)c1ccc2c(c1)CC(C)(C)O2. The topological polar surface area (TPSA) is 9.23 Å². The van der Waals surface area contributed by atoms with Crippen LogP contribution in [0.2, 0.25) is 0 Å². The fourth-order valence-corrected chi connectivity index (χ4v) is 4.01. The molecular formula is C18H18Br2O. The third-order valence-corrected chi connectivity index (χ3v) is 5.41. The highest BCUT2D eigenvalue weighted by molar-refractivity contribution is 9.10. The van der Waals surface area contributed by atoms with Crippen molar-refractivity contribution in [2.45, 2.75) is 37.6 Å². The van der Waals surface area contributed by atoms with Crippen LogP contribution in [0.3, 0.4) is 0 Å². The highest BCUT2D eigenvalue weighted by Gasteiger charge is 2.30. The van der Waals surface area contributed by atoms with Gasteiger partial charge in [0.15, 0.2) is 0 Å². The van der Waals surface area contributed by atoms with E-state index in [4.69, 9.17) is 4.74 Å². The predicted molar refractivity (Wildman–Crippen MR) is 94.5 cm³/mol. The second-order valence-corrected chi connectivity index (χ2v) is 8.10. The van der Waals surface area contributed by atoms with Crippen LogP contribution in [-0.2, 0) is 6.42 Å². The number of halogens is 2. The smallest absolute Gasteiger partial charge is 0.123 e. The molecule has 0 fully saturated rings. The molecule has 3 rings (SSSR count). The minimum Gasteiger partial charge on any atom is -0.487 e. The standard InChI is InChI=1S/C18H18Br2O/c1-11-4-6-14(19)9-15(11)17(20)12-5-7-16-13(8-12)10-18(2,3)21-16/h4-9,17H,10H2,1-3H3. The Morgan fingerprint density at radius 3 is 2.67 bits per heavy atom. The van der Waals surface area contributed by atoms with Gasteiger partial charge in [0.05, 0.1) is 4.83 Å². The molecule has 1 aliphatic rings. The molecule has 2 aromatic rings. The van der Waals surface area contributed by atoms with Crippen molar-refractivity contribution in [3.05, 3.63) is 63.1 Å². The minimum atomic E-state index is -0.0888. The molecule has 1 nitrogen and oxygen atoms in total. The van der Waals surface area contributed by atoms with E-state index in [1.165, 1.54) is 22.3 Å². The minimum absolute atomic E-state index is 0.0888. The Labute approximate surface area is 143 Å². The monoisotopic (exact) mass is 408 g/mol. The zero-order valence-corrected chi connectivity index (χ0v) is 15.6. The van der Waals surface area contributed by atoms with E-state index in [1.807, 2.05) is 0 Å². The van der Waals surface area contributed by atoms with Gasteiger partial charge in [-0.2, -0.15) is 0 Å².